The fourth-order valence-electron chi connectivity index (χ4n) is 3.95. The van der Waals surface area contributed by atoms with Crippen molar-refractivity contribution in [3.05, 3.63) is 0 Å². The van der Waals surface area contributed by atoms with Gasteiger partial charge in [-0.1, -0.05) is 26.2 Å². The molecule has 0 amide bonds. The van der Waals surface area contributed by atoms with Crippen molar-refractivity contribution in [2.24, 2.45) is 5.92 Å². The Bertz CT molecular complexity index is 291. The van der Waals surface area contributed by atoms with Crippen molar-refractivity contribution in [3.63, 3.8) is 0 Å². The predicted octanol–water partition coefficient (Wildman–Crippen LogP) is 2.35. The molecule has 2 rings (SSSR count). The van der Waals surface area contributed by atoms with E-state index in [0.29, 0.717) is 18.9 Å². The summed E-state index contributed by atoms with van der Waals surface area (Å²) in [6.45, 7) is 5.55. The third-order valence-electron chi connectivity index (χ3n) is 5.12. The van der Waals surface area contributed by atoms with Crippen LogP contribution in [0.25, 0.3) is 0 Å². The number of carbonyl (C=O) groups is 1. The quantitative estimate of drug-likeness (QED) is 0.574. The average molecular weight is 282 g/mol. The zero-order chi connectivity index (χ0) is 14.2. The van der Waals surface area contributed by atoms with E-state index in [0.717, 1.165) is 18.9 Å². The summed E-state index contributed by atoms with van der Waals surface area (Å²) >= 11 is 0. The zero-order valence-electron chi connectivity index (χ0n) is 13.2. The maximum absolute atomic E-state index is 11.8. The van der Waals surface area contributed by atoms with Gasteiger partial charge in [0.15, 0.2) is 0 Å². The molecule has 2 saturated heterocycles. The Labute approximate surface area is 124 Å². The number of esters is 1. The summed E-state index contributed by atoms with van der Waals surface area (Å²) in [5.74, 6) is 0.655. The Morgan fingerprint density at radius 1 is 1.10 bits per heavy atom. The number of unbranched alkanes of at least 4 members (excludes halogenated alkanes) is 3. The smallest absolute Gasteiger partial charge is 0.305 e. The van der Waals surface area contributed by atoms with Crippen LogP contribution >= 0.6 is 0 Å². The van der Waals surface area contributed by atoms with Gasteiger partial charge < -0.3 is 9.64 Å². The summed E-state index contributed by atoms with van der Waals surface area (Å²) in [5.41, 5.74) is 0. The maximum atomic E-state index is 11.8. The van der Waals surface area contributed by atoms with Crippen molar-refractivity contribution in [2.75, 3.05) is 19.7 Å². The Hall–Kier alpha value is -0.570. The van der Waals surface area contributed by atoms with E-state index < -0.39 is 0 Å². The number of hydrogen-bond acceptors (Lipinski definition) is 2. The second-order valence-electron chi connectivity index (χ2n) is 6.66. The van der Waals surface area contributed by atoms with E-state index in [1.165, 1.54) is 58.0 Å². The molecule has 0 aromatic rings. The van der Waals surface area contributed by atoms with Crippen LogP contribution in [0.3, 0.4) is 0 Å². The minimum absolute atomic E-state index is 0.0315. The van der Waals surface area contributed by atoms with Crippen molar-refractivity contribution in [1.82, 2.24) is 0 Å². The molecule has 0 aromatic carbocycles. The first-order chi connectivity index (χ1) is 9.81. The lowest BCUT2D eigenvalue weighted by atomic mass is 9.84. The van der Waals surface area contributed by atoms with E-state index in [9.17, 15) is 4.79 Å². The fourth-order valence-corrected chi connectivity index (χ4v) is 3.95. The van der Waals surface area contributed by atoms with Crippen molar-refractivity contribution >= 4 is 5.97 Å². The first kappa shape index (κ1) is 15.8. The van der Waals surface area contributed by atoms with Gasteiger partial charge in [-0.05, 0) is 38.5 Å². The van der Waals surface area contributed by atoms with E-state index in [-0.39, 0.29) is 5.97 Å². The number of quaternary nitrogens is 1. The first-order valence-corrected chi connectivity index (χ1v) is 8.81. The third kappa shape index (κ3) is 4.76. The molecule has 0 aromatic heterocycles. The highest BCUT2D eigenvalue weighted by Crippen LogP contribution is 2.20. The van der Waals surface area contributed by atoms with Crippen molar-refractivity contribution < 1.29 is 14.4 Å². The highest BCUT2D eigenvalue weighted by atomic mass is 16.5. The van der Waals surface area contributed by atoms with Crippen LogP contribution in [0.5, 0.6) is 0 Å². The van der Waals surface area contributed by atoms with E-state index in [2.05, 4.69) is 6.92 Å². The highest BCUT2D eigenvalue weighted by Gasteiger charge is 2.36. The molecule has 3 unspecified atom stereocenters. The SMILES string of the molecule is CCCCCCC(=O)OCC1CCC[NH+]2CCCCC12. The number of piperidine rings is 2. The van der Waals surface area contributed by atoms with Gasteiger partial charge in [-0.2, -0.15) is 0 Å². The minimum Gasteiger partial charge on any atom is -0.465 e. The van der Waals surface area contributed by atoms with Crippen molar-refractivity contribution in [1.29, 1.82) is 0 Å². The highest BCUT2D eigenvalue weighted by molar-refractivity contribution is 5.69. The number of nitrogens with one attached hydrogen (secondary N) is 1. The predicted molar refractivity (Wildman–Crippen MR) is 80.8 cm³/mol. The van der Waals surface area contributed by atoms with E-state index in [1.54, 1.807) is 4.90 Å². The molecule has 2 heterocycles. The van der Waals surface area contributed by atoms with Gasteiger partial charge in [-0.25, -0.2) is 0 Å². The van der Waals surface area contributed by atoms with Gasteiger partial charge in [-0.15, -0.1) is 0 Å². The molecular formula is C17H32NO2+. The average Bonchev–Trinajstić information content (AvgIpc) is 2.49. The topological polar surface area (TPSA) is 30.7 Å². The van der Waals surface area contributed by atoms with Crippen LogP contribution in [-0.2, 0) is 9.53 Å². The number of fused-ring (bicyclic) bond motifs is 1. The Morgan fingerprint density at radius 2 is 1.95 bits per heavy atom. The number of ether oxygens (including phenoxy) is 1. The largest absolute Gasteiger partial charge is 0.465 e. The molecule has 116 valence electrons. The first-order valence-electron chi connectivity index (χ1n) is 8.81. The normalized spacial score (nSPS) is 29.8. The lowest BCUT2D eigenvalue weighted by Gasteiger charge is -2.41. The number of carbonyl (C=O) groups excluding carboxylic acids is 1. The summed E-state index contributed by atoms with van der Waals surface area (Å²) in [7, 11) is 0. The third-order valence-corrected chi connectivity index (χ3v) is 5.12. The van der Waals surface area contributed by atoms with Gasteiger partial charge in [-0.3, -0.25) is 4.79 Å². The van der Waals surface area contributed by atoms with Gasteiger partial charge in [0.2, 0.25) is 0 Å². The maximum Gasteiger partial charge on any atom is 0.305 e. The molecule has 0 radical (unpaired) electrons. The van der Waals surface area contributed by atoms with Gasteiger partial charge >= 0.3 is 5.97 Å². The molecular weight excluding hydrogens is 250 g/mol. The van der Waals surface area contributed by atoms with Gasteiger partial charge in [0.05, 0.1) is 25.7 Å². The lowest BCUT2D eigenvalue weighted by Crippen LogP contribution is -3.18. The monoisotopic (exact) mass is 282 g/mol. The standard InChI is InChI=1S/C17H31NO2/c1-2-3-4-5-11-17(19)20-14-15-9-8-13-18-12-7-6-10-16(15)18/h15-16H,2-14H2,1H3/p+1. The molecule has 0 spiro atoms. The molecule has 2 fully saturated rings. The molecule has 3 nitrogen and oxygen atoms in total. The Balaban J connectivity index is 1.65. The fraction of sp³-hybridized carbons (Fsp3) is 0.941. The summed E-state index contributed by atoms with van der Waals surface area (Å²) < 4.78 is 5.56. The van der Waals surface area contributed by atoms with Gasteiger partial charge in [0.1, 0.15) is 0 Å². The van der Waals surface area contributed by atoms with Crippen molar-refractivity contribution in [3.8, 4) is 0 Å². The van der Waals surface area contributed by atoms with Crippen LogP contribution in [-0.4, -0.2) is 31.7 Å². The van der Waals surface area contributed by atoms with Crippen LogP contribution in [0.2, 0.25) is 0 Å². The molecule has 2 aliphatic heterocycles. The van der Waals surface area contributed by atoms with Crippen LogP contribution < -0.4 is 4.90 Å². The summed E-state index contributed by atoms with van der Waals surface area (Å²) in [4.78, 5) is 13.6. The minimum atomic E-state index is 0.0315. The Morgan fingerprint density at radius 3 is 2.80 bits per heavy atom. The molecule has 0 aliphatic carbocycles. The molecule has 1 N–H and O–H groups in total. The summed E-state index contributed by atoms with van der Waals surface area (Å²) in [5, 5.41) is 0. The van der Waals surface area contributed by atoms with Crippen LogP contribution in [0.4, 0.5) is 0 Å². The van der Waals surface area contributed by atoms with E-state index in [4.69, 9.17) is 4.74 Å². The second kappa shape index (κ2) is 8.66. The van der Waals surface area contributed by atoms with E-state index in [1.807, 2.05) is 0 Å². The molecule has 2 aliphatic rings. The molecule has 0 bridgehead atoms. The van der Waals surface area contributed by atoms with Gasteiger partial charge in [0, 0.05) is 12.3 Å². The van der Waals surface area contributed by atoms with E-state index >= 15 is 0 Å². The van der Waals surface area contributed by atoms with Crippen molar-refractivity contribution in [2.45, 2.75) is 77.2 Å². The zero-order valence-corrected chi connectivity index (χ0v) is 13.2. The molecule has 3 atom stereocenters. The second-order valence-corrected chi connectivity index (χ2v) is 6.66. The number of hydrogen-bond donors (Lipinski definition) is 1. The Kier molecular flexibility index (Phi) is 6.85. The van der Waals surface area contributed by atoms with Crippen LogP contribution in [0.15, 0.2) is 0 Å². The molecule has 3 heteroatoms. The van der Waals surface area contributed by atoms with Gasteiger partial charge in [0.25, 0.3) is 0 Å². The summed E-state index contributed by atoms with van der Waals surface area (Å²) in [6, 6.07) is 0.769. The molecule has 20 heavy (non-hydrogen) atoms. The summed E-state index contributed by atoms with van der Waals surface area (Å²) in [6.07, 6.45) is 11.9. The molecule has 0 saturated carbocycles. The number of rotatable bonds is 7. The lowest BCUT2D eigenvalue weighted by molar-refractivity contribution is -0.940. The van der Waals surface area contributed by atoms with Crippen LogP contribution in [0.1, 0.15) is 71.1 Å². The van der Waals surface area contributed by atoms with Crippen LogP contribution in [0, 0.1) is 5.92 Å².